The van der Waals surface area contributed by atoms with E-state index in [1.54, 1.807) is 11.1 Å². The Labute approximate surface area is 280 Å². The molecule has 2 fully saturated rings. The van der Waals surface area contributed by atoms with Gasteiger partial charge < -0.3 is 19.8 Å². The van der Waals surface area contributed by atoms with Gasteiger partial charge in [0, 0.05) is 18.7 Å². The molecule has 2 aliphatic heterocycles. The van der Waals surface area contributed by atoms with Gasteiger partial charge in [0.2, 0.25) is 0 Å². The van der Waals surface area contributed by atoms with E-state index in [-0.39, 0.29) is 18.2 Å². The highest BCUT2D eigenvalue weighted by Crippen LogP contribution is 2.37. The van der Waals surface area contributed by atoms with Crippen molar-refractivity contribution in [3.8, 4) is 33.6 Å². The summed E-state index contributed by atoms with van der Waals surface area (Å²) < 4.78 is 5.68. The lowest BCUT2D eigenvalue weighted by Gasteiger charge is -2.27. The minimum atomic E-state index is -0.907. The first-order valence-corrected chi connectivity index (χ1v) is 16.7. The number of ether oxygens (including phenoxy) is 1. The summed E-state index contributed by atoms with van der Waals surface area (Å²) in [5, 5.41) is 11.9. The van der Waals surface area contributed by atoms with Gasteiger partial charge in [-0.3, -0.25) is 9.80 Å². The van der Waals surface area contributed by atoms with Crippen LogP contribution in [0.25, 0.3) is 44.4 Å². The SMILES string of the molecule is C[C@H]1C[C@@H](c2ncc(-c3ccc(-c4ccc5cc(-c6cnc([C@@H]7C[C@H](C)CN7C(=O)OC(C)(C)C)[nH]6)ccc5c4)cc3)[nH]2)N(C(=O)O)C1. The number of nitrogens with one attached hydrogen (secondary N) is 2. The molecule has 248 valence electrons. The lowest BCUT2D eigenvalue weighted by molar-refractivity contribution is 0.0214. The maximum Gasteiger partial charge on any atom is 0.410 e. The van der Waals surface area contributed by atoms with Crippen LogP contribution in [0.4, 0.5) is 9.59 Å². The van der Waals surface area contributed by atoms with Gasteiger partial charge in [0.15, 0.2) is 0 Å². The maximum atomic E-state index is 12.9. The highest BCUT2D eigenvalue weighted by molar-refractivity contribution is 5.90. The van der Waals surface area contributed by atoms with Crippen LogP contribution in [0.5, 0.6) is 0 Å². The largest absolute Gasteiger partial charge is 0.465 e. The van der Waals surface area contributed by atoms with Crippen molar-refractivity contribution in [1.82, 2.24) is 29.7 Å². The van der Waals surface area contributed by atoms with Gasteiger partial charge in [-0.15, -0.1) is 0 Å². The zero-order chi connectivity index (χ0) is 33.7. The van der Waals surface area contributed by atoms with Crippen LogP contribution < -0.4 is 0 Å². The van der Waals surface area contributed by atoms with Crippen molar-refractivity contribution in [1.29, 1.82) is 0 Å². The number of hydrogen-bond donors (Lipinski definition) is 3. The Balaban J connectivity index is 1.06. The highest BCUT2D eigenvalue weighted by Gasteiger charge is 2.38. The summed E-state index contributed by atoms with van der Waals surface area (Å²) in [4.78, 5) is 44.0. The van der Waals surface area contributed by atoms with Crippen LogP contribution in [-0.4, -0.2) is 65.7 Å². The molecule has 7 rings (SSSR count). The van der Waals surface area contributed by atoms with Crippen molar-refractivity contribution in [3.63, 3.8) is 0 Å². The number of aromatic nitrogens is 4. The molecule has 0 unspecified atom stereocenters. The van der Waals surface area contributed by atoms with Gasteiger partial charge in [-0.25, -0.2) is 19.6 Å². The third-order valence-electron chi connectivity index (χ3n) is 9.40. The summed E-state index contributed by atoms with van der Waals surface area (Å²) in [5.41, 5.74) is 5.48. The number of hydrogen-bond acceptors (Lipinski definition) is 5. The van der Waals surface area contributed by atoms with E-state index in [2.05, 4.69) is 89.5 Å². The molecule has 2 aromatic heterocycles. The van der Waals surface area contributed by atoms with E-state index in [1.165, 1.54) is 4.90 Å². The fourth-order valence-corrected chi connectivity index (χ4v) is 7.08. The summed E-state index contributed by atoms with van der Waals surface area (Å²) in [6.07, 6.45) is 4.03. The van der Waals surface area contributed by atoms with Gasteiger partial charge in [-0.05, 0) is 85.0 Å². The van der Waals surface area contributed by atoms with Gasteiger partial charge in [0.25, 0.3) is 0 Å². The van der Waals surface area contributed by atoms with Crippen LogP contribution in [0, 0.1) is 11.8 Å². The van der Waals surface area contributed by atoms with Gasteiger partial charge in [0.05, 0.1) is 35.9 Å². The molecule has 0 bridgehead atoms. The molecule has 10 nitrogen and oxygen atoms in total. The average Bonchev–Trinajstić information content (AvgIpc) is 3.86. The zero-order valence-electron chi connectivity index (χ0n) is 28.0. The van der Waals surface area contributed by atoms with E-state index < -0.39 is 11.7 Å². The Morgan fingerprint density at radius 3 is 1.79 bits per heavy atom. The number of carbonyl (C=O) groups excluding carboxylic acids is 1. The molecule has 5 aromatic rings. The molecule has 0 radical (unpaired) electrons. The molecule has 10 heteroatoms. The standard InChI is InChI=1S/C38H42N6O4/c1-22-14-32(43(20-22)36(45)46)34-39-18-30(41-34)25-8-6-24(7-9-25)26-10-11-28-17-29(13-12-27(28)16-26)31-19-40-35(42-31)33-15-23(2)21-44(33)37(47)48-38(3,4)5/h6-13,16-19,22-23,32-33H,14-15,20-21H2,1-5H3,(H,39,41)(H,40,42)(H,45,46)/t22-,23-,32-,33-/m0/s1. The first-order chi connectivity index (χ1) is 22.9. The van der Waals surface area contributed by atoms with Crippen LogP contribution in [0.3, 0.4) is 0 Å². The number of H-pyrrole nitrogens is 2. The second-order valence-corrected chi connectivity index (χ2v) is 14.5. The normalized spacial score (nSPS) is 21.3. The molecule has 3 N–H and O–H groups in total. The number of carboxylic acid groups (broad SMARTS) is 1. The van der Waals surface area contributed by atoms with Crippen molar-refractivity contribution in [3.05, 3.63) is 84.7 Å². The molecule has 0 spiro atoms. The molecule has 48 heavy (non-hydrogen) atoms. The first kappa shape index (κ1) is 31.5. The van der Waals surface area contributed by atoms with E-state index in [0.29, 0.717) is 30.7 Å². The predicted molar refractivity (Wildman–Crippen MR) is 185 cm³/mol. The average molecular weight is 647 g/mol. The molecular weight excluding hydrogens is 604 g/mol. The van der Waals surface area contributed by atoms with Crippen LogP contribution in [0.15, 0.2) is 73.1 Å². The van der Waals surface area contributed by atoms with E-state index in [9.17, 15) is 14.7 Å². The Morgan fingerprint density at radius 2 is 1.21 bits per heavy atom. The van der Waals surface area contributed by atoms with Crippen molar-refractivity contribution in [2.45, 2.75) is 65.1 Å². The van der Waals surface area contributed by atoms with Crippen molar-refractivity contribution in [2.24, 2.45) is 11.8 Å². The number of carbonyl (C=O) groups is 2. The number of imidazole rings is 2. The van der Waals surface area contributed by atoms with Crippen molar-refractivity contribution < 1.29 is 19.4 Å². The monoisotopic (exact) mass is 646 g/mol. The molecule has 0 saturated carbocycles. The highest BCUT2D eigenvalue weighted by atomic mass is 16.6. The Hall–Kier alpha value is -5.12. The van der Waals surface area contributed by atoms with E-state index in [0.717, 1.165) is 63.1 Å². The van der Waals surface area contributed by atoms with E-state index in [4.69, 9.17) is 9.72 Å². The summed E-state index contributed by atoms with van der Waals surface area (Å²) in [7, 11) is 0. The van der Waals surface area contributed by atoms with Gasteiger partial charge >= 0.3 is 12.2 Å². The van der Waals surface area contributed by atoms with E-state index >= 15 is 0 Å². The molecule has 3 aromatic carbocycles. The third-order valence-corrected chi connectivity index (χ3v) is 9.40. The van der Waals surface area contributed by atoms with Gasteiger partial charge in [-0.1, -0.05) is 62.4 Å². The van der Waals surface area contributed by atoms with Crippen molar-refractivity contribution >= 4 is 23.0 Å². The first-order valence-electron chi connectivity index (χ1n) is 16.7. The van der Waals surface area contributed by atoms with Crippen LogP contribution in [-0.2, 0) is 4.74 Å². The van der Waals surface area contributed by atoms with E-state index in [1.807, 2.05) is 27.0 Å². The maximum absolute atomic E-state index is 12.9. The lowest BCUT2D eigenvalue weighted by Crippen LogP contribution is -2.37. The number of benzene rings is 3. The van der Waals surface area contributed by atoms with Gasteiger partial charge in [-0.2, -0.15) is 0 Å². The van der Waals surface area contributed by atoms with Crippen LogP contribution >= 0.6 is 0 Å². The number of nitrogens with zero attached hydrogens (tertiary/aromatic N) is 4. The number of rotatable bonds is 5. The summed E-state index contributed by atoms with van der Waals surface area (Å²) in [5.74, 6) is 2.13. The van der Waals surface area contributed by atoms with Crippen LogP contribution in [0.1, 0.15) is 71.2 Å². The van der Waals surface area contributed by atoms with Crippen molar-refractivity contribution in [2.75, 3.05) is 13.1 Å². The molecule has 0 aliphatic carbocycles. The van der Waals surface area contributed by atoms with Crippen LogP contribution in [0.2, 0.25) is 0 Å². The Kier molecular flexibility index (Phi) is 7.97. The fourth-order valence-electron chi connectivity index (χ4n) is 7.08. The topological polar surface area (TPSA) is 127 Å². The number of aromatic amines is 2. The molecular formula is C38H42N6O4. The number of likely N-dealkylation sites (tertiary alicyclic amines) is 2. The molecule has 2 saturated heterocycles. The smallest absolute Gasteiger partial charge is 0.410 e. The second kappa shape index (κ2) is 12.2. The number of amides is 2. The molecule has 4 heterocycles. The molecule has 2 amide bonds. The molecule has 2 aliphatic rings. The fraction of sp³-hybridized carbons (Fsp3) is 0.368. The quantitative estimate of drug-likeness (QED) is 0.175. The summed E-state index contributed by atoms with van der Waals surface area (Å²) in [6, 6.07) is 20.8. The summed E-state index contributed by atoms with van der Waals surface area (Å²) in [6.45, 7) is 11.1. The third kappa shape index (κ3) is 6.26. The Bertz CT molecular complexity index is 1970. The summed E-state index contributed by atoms with van der Waals surface area (Å²) >= 11 is 0. The number of fused-ring (bicyclic) bond motifs is 1. The minimum absolute atomic E-state index is 0.147. The zero-order valence-corrected chi connectivity index (χ0v) is 28.0. The second-order valence-electron chi connectivity index (χ2n) is 14.5. The minimum Gasteiger partial charge on any atom is -0.465 e. The lowest BCUT2D eigenvalue weighted by atomic mass is 9.98. The predicted octanol–water partition coefficient (Wildman–Crippen LogP) is 8.67. The molecule has 4 atom stereocenters. The van der Waals surface area contributed by atoms with Gasteiger partial charge in [0.1, 0.15) is 17.2 Å². The Morgan fingerprint density at radius 1 is 0.729 bits per heavy atom.